The fraction of sp³-hybridized carbons (Fsp3) is 0.917. The van der Waals surface area contributed by atoms with Gasteiger partial charge in [0.25, 0.3) is 0 Å². The van der Waals surface area contributed by atoms with E-state index in [1.54, 1.807) is 16.1 Å². The lowest BCUT2D eigenvalue weighted by Gasteiger charge is -2.35. The van der Waals surface area contributed by atoms with Gasteiger partial charge in [0.1, 0.15) is 4.75 Å². The summed E-state index contributed by atoms with van der Waals surface area (Å²) in [4.78, 5) is 0. The van der Waals surface area contributed by atoms with E-state index in [4.69, 9.17) is 5.26 Å². The minimum atomic E-state index is -3.13. The summed E-state index contributed by atoms with van der Waals surface area (Å²) < 4.78 is 25.4. The van der Waals surface area contributed by atoms with Crippen LogP contribution >= 0.6 is 11.8 Å². The number of sulfonamides is 1. The van der Waals surface area contributed by atoms with Crippen molar-refractivity contribution in [3.63, 3.8) is 0 Å². The van der Waals surface area contributed by atoms with Gasteiger partial charge in [-0.15, -0.1) is 11.8 Å². The zero-order chi connectivity index (χ0) is 13.8. The molecule has 0 amide bonds. The maximum absolute atomic E-state index is 12.1. The molecular formula is C12H22N2O2S2. The summed E-state index contributed by atoms with van der Waals surface area (Å²) in [5, 5.41) is 9.17. The molecule has 1 rings (SSSR count). The van der Waals surface area contributed by atoms with E-state index in [0.29, 0.717) is 38.3 Å². The van der Waals surface area contributed by atoms with Gasteiger partial charge in [-0.25, -0.2) is 12.7 Å². The summed E-state index contributed by atoms with van der Waals surface area (Å²) in [7, 11) is -3.13. The monoisotopic (exact) mass is 290 g/mol. The van der Waals surface area contributed by atoms with Crippen molar-refractivity contribution in [2.75, 3.05) is 25.1 Å². The number of hydrogen-bond donors (Lipinski definition) is 0. The molecule has 1 fully saturated rings. The smallest absolute Gasteiger partial charge is 0.212 e. The summed E-state index contributed by atoms with van der Waals surface area (Å²) in [6, 6.07) is 2.33. The van der Waals surface area contributed by atoms with Gasteiger partial charge in [-0.2, -0.15) is 5.26 Å². The van der Waals surface area contributed by atoms with Crippen LogP contribution in [0.25, 0.3) is 0 Å². The molecule has 104 valence electrons. The minimum Gasteiger partial charge on any atom is -0.212 e. The summed E-state index contributed by atoms with van der Waals surface area (Å²) in [6.45, 7) is 5.02. The Morgan fingerprint density at radius 2 is 1.94 bits per heavy atom. The Morgan fingerprint density at radius 3 is 2.33 bits per heavy atom. The van der Waals surface area contributed by atoms with Crippen molar-refractivity contribution in [1.82, 2.24) is 4.31 Å². The molecule has 0 spiro atoms. The second kappa shape index (κ2) is 6.27. The average Bonchev–Trinajstić information content (AvgIpc) is 2.36. The van der Waals surface area contributed by atoms with E-state index in [9.17, 15) is 8.42 Å². The maximum Gasteiger partial charge on any atom is 0.214 e. The van der Waals surface area contributed by atoms with Gasteiger partial charge in [0.15, 0.2) is 0 Å². The summed E-state index contributed by atoms with van der Waals surface area (Å²) in [5.74, 6) is 0.623. The van der Waals surface area contributed by atoms with Crippen molar-refractivity contribution in [2.45, 2.75) is 37.9 Å². The average molecular weight is 290 g/mol. The molecule has 0 unspecified atom stereocenters. The molecule has 0 bridgehead atoms. The molecule has 18 heavy (non-hydrogen) atoms. The maximum atomic E-state index is 12.1. The zero-order valence-electron chi connectivity index (χ0n) is 11.3. The van der Waals surface area contributed by atoms with E-state index in [-0.39, 0.29) is 10.5 Å². The fourth-order valence-electron chi connectivity index (χ4n) is 2.00. The SMILES string of the molecule is CSC1(C#N)CCN(S(=O)(=O)CCC(C)C)CC1. The molecule has 6 heteroatoms. The molecule has 0 saturated carbocycles. The first kappa shape index (κ1) is 15.8. The Balaban J connectivity index is 2.60. The van der Waals surface area contributed by atoms with Gasteiger partial charge in [-0.3, -0.25) is 0 Å². The molecule has 0 aliphatic carbocycles. The molecule has 0 aromatic carbocycles. The second-order valence-electron chi connectivity index (χ2n) is 5.21. The molecule has 1 aliphatic heterocycles. The number of rotatable bonds is 5. The van der Waals surface area contributed by atoms with Crippen LogP contribution in [0.5, 0.6) is 0 Å². The topological polar surface area (TPSA) is 61.2 Å². The predicted molar refractivity (Wildman–Crippen MR) is 75.9 cm³/mol. The largest absolute Gasteiger partial charge is 0.214 e. The Kier molecular flexibility index (Phi) is 5.50. The lowest BCUT2D eigenvalue weighted by Crippen LogP contribution is -2.45. The molecule has 0 aromatic heterocycles. The molecular weight excluding hydrogens is 268 g/mol. The summed E-state index contributed by atoms with van der Waals surface area (Å²) in [5.41, 5.74) is 0. The normalized spacial score (nSPS) is 20.8. The Bertz CT molecular complexity index is 404. The highest BCUT2D eigenvalue weighted by Gasteiger charge is 2.37. The zero-order valence-corrected chi connectivity index (χ0v) is 13.0. The van der Waals surface area contributed by atoms with Gasteiger partial charge in [0.2, 0.25) is 10.0 Å². The molecule has 0 N–H and O–H groups in total. The van der Waals surface area contributed by atoms with Crippen molar-refractivity contribution in [1.29, 1.82) is 5.26 Å². The van der Waals surface area contributed by atoms with Crippen LogP contribution in [0.15, 0.2) is 0 Å². The molecule has 0 aromatic rings. The first-order valence-corrected chi connectivity index (χ1v) is 9.13. The van der Waals surface area contributed by atoms with E-state index in [2.05, 4.69) is 6.07 Å². The lowest BCUT2D eigenvalue weighted by molar-refractivity contribution is 0.326. The molecule has 4 nitrogen and oxygen atoms in total. The third-order valence-electron chi connectivity index (χ3n) is 3.47. The number of thioether (sulfide) groups is 1. The van der Waals surface area contributed by atoms with Crippen molar-refractivity contribution in [2.24, 2.45) is 5.92 Å². The van der Waals surface area contributed by atoms with Crippen molar-refractivity contribution < 1.29 is 8.42 Å². The summed E-state index contributed by atoms with van der Waals surface area (Å²) >= 11 is 1.54. The molecule has 1 aliphatic rings. The molecule has 0 radical (unpaired) electrons. The quantitative estimate of drug-likeness (QED) is 0.778. The highest BCUT2D eigenvalue weighted by atomic mass is 32.2. The predicted octanol–water partition coefficient (Wildman–Crippen LogP) is 2.08. The van der Waals surface area contributed by atoms with E-state index < -0.39 is 10.0 Å². The van der Waals surface area contributed by atoms with Gasteiger partial charge in [0, 0.05) is 13.1 Å². The van der Waals surface area contributed by atoms with Gasteiger partial charge < -0.3 is 0 Å². The number of hydrogen-bond acceptors (Lipinski definition) is 4. The van der Waals surface area contributed by atoms with Crippen LogP contribution in [-0.2, 0) is 10.0 Å². The number of nitrogens with zero attached hydrogens (tertiary/aromatic N) is 2. The van der Waals surface area contributed by atoms with Crippen LogP contribution in [0.1, 0.15) is 33.1 Å². The van der Waals surface area contributed by atoms with E-state index >= 15 is 0 Å². The van der Waals surface area contributed by atoms with Crippen LogP contribution in [0.3, 0.4) is 0 Å². The van der Waals surface area contributed by atoms with Crippen molar-refractivity contribution in [3.8, 4) is 6.07 Å². The standard InChI is InChI=1S/C12H22N2O2S2/c1-11(2)4-9-18(15,16)14-7-5-12(10-13,17-3)6-8-14/h11H,4-9H2,1-3H3. The number of piperidine rings is 1. The molecule has 1 heterocycles. The van der Waals surface area contributed by atoms with E-state index in [1.807, 2.05) is 20.1 Å². The lowest BCUT2D eigenvalue weighted by atomic mass is 9.99. The number of nitriles is 1. The van der Waals surface area contributed by atoms with E-state index in [0.717, 1.165) is 0 Å². The van der Waals surface area contributed by atoms with Gasteiger partial charge in [-0.1, -0.05) is 13.8 Å². The van der Waals surface area contributed by atoms with Crippen LogP contribution in [0, 0.1) is 17.2 Å². The van der Waals surface area contributed by atoms with Gasteiger partial charge in [0.05, 0.1) is 11.8 Å². The first-order valence-electron chi connectivity index (χ1n) is 6.29. The highest BCUT2D eigenvalue weighted by molar-refractivity contribution is 8.00. The van der Waals surface area contributed by atoms with Gasteiger partial charge >= 0.3 is 0 Å². The molecule has 1 saturated heterocycles. The van der Waals surface area contributed by atoms with Crippen LogP contribution in [-0.4, -0.2) is 42.6 Å². The fourth-order valence-corrected chi connectivity index (χ4v) is 4.45. The van der Waals surface area contributed by atoms with Gasteiger partial charge in [-0.05, 0) is 31.4 Å². The van der Waals surface area contributed by atoms with E-state index in [1.165, 1.54) is 0 Å². The summed E-state index contributed by atoms with van der Waals surface area (Å²) in [6.07, 6.45) is 3.88. The van der Waals surface area contributed by atoms with Crippen LogP contribution in [0.2, 0.25) is 0 Å². The Hall–Kier alpha value is -0.250. The van der Waals surface area contributed by atoms with Crippen LogP contribution in [0.4, 0.5) is 0 Å². The third kappa shape index (κ3) is 3.87. The second-order valence-corrected chi connectivity index (χ2v) is 8.49. The Morgan fingerprint density at radius 1 is 1.39 bits per heavy atom. The molecule has 0 atom stereocenters. The van der Waals surface area contributed by atoms with Crippen molar-refractivity contribution >= 4 is 21.8 Å². The highest BCUT2D eigenvalue weighted by Crippen LogP contribution is 2.34. The Labute approximate surface area is 115 Å². The minimum absolute atomic E-state index is 0.226. The van der Waals surface area contributed by atoms with Crippen LogP contribution < -0.4 is 0 Å². The van der Waals surface area contributed by atoms with Crippen molar-refractivity contribution in [3.05, 3.63) is 0 Å². The third-order valence-corrected chi connectivity index (χ3v) is 6.66. The first-order chi connectivity index (χ1) is 8.35.